The number of methoxy groups -OCH3 is 1. The second kappa shape index (κ2) is 11.3. The first-order chi connectivity index (χ1) is 16.8. The first-order valence-corrected chi connectivity index (χ1v) is 14.3. The van der Waals surface area contributed by atoms with E-state index in [1.165, 1.54) is 7.11 Å². The molecule has 12 nitrogen and oxygen atoms in total. The van der Waals surface area contributed by atoms with Crippen molar-refractivity contribution in [2.75, 3.05) is 43.7 Å². The summed E-state index contributed by atoms with van der Waals surface area (Å²) in [4.78, 5) is 45.5. The van der Waals surface area contributed by atoms with Crippen molar-refractivity contribution in [1.29, 1.82) is 0 Å². The SMILES string of the molecule is CO[C@H]1CN(c2nc(C(=O)NCCS(C)(=O)=O)c(C(=O)O)s2)CC[C@H]1NC(=O)c1[nH]c(C)c(Cl)c1Cl. The second-order valence-corrected chi connectivity index (χ2v) is 12.2. The van der Waals surface area contributed by atoms with Crippen LogP contribution in [0.15, 0.2) is 0 Å². The molecule has 0 unspecified atom stereocenters. The van der Waals surface area contributed by atoms with E-state index in [0.717, 1.165) is 17.6 Å². The van der Waals surface area contributed by atoms with Crippen LogP contribution in [0.25, 0.3) is 0 Å². The summed E-state index contributed by atoms with van der Waals surface area (Å²) >= 11 is 13.0. The lowest BCUT2D eigenvalue weighted by molar-refractivity contribution is 0.0540. The molecule has 0 radical (unpaired) electrons. The Morgan fingerprint density at radius 2 is 1.97 bits per heavy atom. The van der Waals surface area contributed by atoms with Crippen LogP contribution in [0.4, 0.5) is 5.13 Å². The number of aryl methyl sites for hydroxylation is 1. The monoisotopic (exact) mass is 581 g/mol. The van der Waals surface area contributed by atoms with Crippen LogP contribution in [0.1, 0.15) is 42.8 Å². The number of halogens is 2. The molecular formula is C20H25Cl2N5O7S2. The third-order valence-corrected chi connectivity index (χ3v) is 8.51. The Hall–Kier alpha value is -2.39. The van der Waals surface area contributed by atoms with Crippen LogP contribution in [0, 0.1) is 6.92 Å². The molecule has 2 amide bonds. The molecule has 2 aromatic rings. The van der Waals surface area contributed by atoms with Gasteiger partial charge in [0.1, 0.15) is 20.4 Å². The van der Waals surface area contributed by atoms with Gasteiger partial charge in [-0.25, -0.2) is 18.2 Å². The van der Waals surface area contributed by atoms with Crippen molar-refractivity contribution < 1.29 is 32.6 Å². The number of nitrogens with one attached hydrogen (secondary N) is 3. The molecule has 0 aromatic carbocycles. The van der Waals surface area contributed by atoms with Crippen LogP contribution >= 0.6 is 34.5 Å². The summed E-state index contributed by atoms with van der Waals surface area (Å²) in [6.45, 7) is 2.18. The normalized spacial score (nSPS) is 18.2. The van der Waals surface area contributed by atoms with Crippen LogP contribution in [0.2, 0.25) is 10.0 Å². The summed E-state index contributed by atoms with van der Waals surface area (Å²) in [5.41, 5.74) is 0.419. The summed E-state index contributed by atoms with van der Waals surface area (Å²) in [5, 5.41) is 15.5. The molecule has 198 valence electrons. The van der Waals surface area contributed by atoms with Gasteiger partial charge >= 0.3 is 5.97 Å². The molecule has 0 saturated carbocycles. The molecule has 1 fully saturated rings. The molecule has 1 saturated heterocycles. The maximum Gasteiger partial charge on any atom is 0.348 e. The van der Waals surface area contributed by atoms with E-state index in [4.69, 9.17) is 27.9 Å². The number of hydrogen-bond donors (Lipinski definition) is 4. The van der Waals surface area contributed by atoms with Gasteiger partial charge in [-0.1, -0.05) is 34.5 Å². The number of aromatic carboxylic acids is 1. The number of hydrogen-bond acceptors (Lipinski definition) is 9. The zero-order valence-electron chi connectivity index (χ0n) is 19.6. The predicted molar refractivity (Wildman–Crippen MR) is 136 cm³/mol. The smallest absolute Gasteiger partial charge is 0.348 e. The Kier molecular flexibility index (Phi) is 8.88. The number of rotatable bonds is 9. The predicted octanol–water partition coefficient (Wildman–Crippen LogP) is 1.58. The molecular weight excluding hydrogens is 557 g/mol. The molecule has 4 N–H and O–H groups in total. The number of carbonyl (C=O) groups is 3. The number of carboxylic acid groups (broad SMARTS) is 1. The van der Waals surface area contributed by atoms with Gasteiger partial charge in [0, 0.05) is 38.7 Å². The Bertz CT molecular complexity index is 1280. The molecule has 36 heavy (non-hydrogen) atoms. The van der Waals surface area contributed by atoms with E-state index in [1.807, 2.05) is 0 Å². The van der Waals surface area contributed by atoms with Gasteiger partial charge in [-0.3, -0.25) is 9.59 Å². The van der Waals surface area contributed by atoms with Crippen molar-refractivity contribution in [3.8, 4) is 0 Å². The van der Waals surface area contributed by atoms with Crippen LogP contribution in [-0.4, -0.2) is 92.2 Å². The topological polar surface area (TPSA) is 171 Å². The van der Waals surface area contributed by atoms with Crippen LogP contribution in [0.3, 0.4) is 0 Å². The van der Waals surface area contributed by atoms with Gasteiger partial charge in [0.05, 0.1) is 27.9 Å². The van der Waals surface area contributed by atoms with E-state index in [9.17, 15) is 27.9 Å². The number of H-pyrrole nitrogens is 1. The summed E-state index contributed by atoms with van der Waals surface area (Å²) < 4.78 is 28.1. The van der Waals surface area contributed by atoms with Crippen molar-refractivity contribution in [3.63, 3.8) is 0 Å². The quantitative estimate of drug-likeness (QED) is 0.343. The van der Waals surface area contributed by atoms with Gasteiger partial charge in [0.15, 0.2) is 10.8 Å². The van der Waals surface area contributed by atoms with Crippen LogP contribution < -0.4 is 15.5 Å². The fraction of sp³-hybridized carbons (Fsp3) is 0.500. The zero-order valence-corrected chi connectivity index (χ0v) is 22.7. The highest BCUT2D eigenvalue weighted by atomic mass is 35.5. The van der Waals surface area contributed by atoms with Gasteiger partial charge in [-0.15, -0.1) is 0 Å². The van der Waals surface area contributed by atoms with Gasteiger partial charge in [-0.05, 0) is 13.3 Å². The molecule has 3 rings (SSSR count). The van der Waals surface area contributed by atoms with Crippen molar-refractivity contribution in [1.82, 2.24) is 20.6 Å². The number of amides is 2. The molecule has 0 spiro atoms. The number of aromatic nitrogens is 2. The number of carbonyl (C=O) groups excluding carboxylic acids is 2. The third-order valence-electron chi connectivity index (χ3n) is 5.51. The fourth-order valence-electron chi connectivity index (χ4n) is 3.64. The third kappa shape index (κ3) is 6.48. The lowest BCUT2D eigenvalue weighted by atomic mass is 10.0. The van der Waals surface area contributed by atoms with Gasteiger partial charge < -0.3 is 30.4 Å². The van der Waals surface area contributed by atoms with E-state index in [0.29, 0.717) is 23.8 Å². The number of piperidine rings is 1. The van der Waals surface area contributed by atoms with E-state index >= 15 is 0 Å². The molecule has 2 atom stereocenters. The molecule has 0 bridgehead atoms. The lowest BCUT2D eigenvalue weighted by Gasteiger charge is -2.37. The number of thiazole rings is 1. The van der Waals surface area contributed by atoms with Gasteiger partial charge in [0.25, 0.3) is 11.8 Å². The summed E-state index contributed by atoms with van der Waals surface area (Å²) in [6.07, 6.45) is 0.995. The minimum atomic E-state index is -3.30. The van der Waals surface area contributed by atoms with Gasteiger partial charge in [-0.2, -0.15) is 0 Å². The minimum Gasteiger partial charge on any atom is -0.477 e. The fourth-order valence-corrected chi connectivity index (χ4v) is 5.47. The van der Waals surface area contributed by atoms with Crippen LogP contribution in [0.5, 0.6) is 0 Å². The number of ether oxygens (including phenoxy) is 1. The highest BCUT2D eigenvalue weighted by Gasteiger charge is 2.34. The molecule has 2 aromatic heterocycles. The van der Waals surface area contributed by atoms with E-state index in [2.05, 4.69) is 20.6 Å². The second-order valence-electron chi connectivity index (χ2n) is 8.21. The Balaban J connectivity index is 1.72. The van der Waals surface area contributed by atoms with Gasteiger partial charge in [0.2, 0.25) is 0 Å². The Morgan fingerprint density at radius 1 is 1.28 bits per heavy atom. The first kappa shape index (κ1) is 28.2. The molecule has 16 heteroatoms. The maximum atomic E-state index is 12.7. The number of aromatic amines is 1. The van der Waals surface area contributed by atoms with Crippen molar-refractivity contribution >= 4 is 67.3 Å². The van der Waals surface area contributed by atoms with Crippen LogP contribution in [-0.2, 0) is 14.6 Å². The Morgan fingerprint density at radius 3 is 2.53 bits per heavy atom. The number of sulfone groups is 1. The average Bonchev–Trinajstić information content (AvgIpc) is 3.36. The molecule has 3 heterocycles. The Labute approximate surface area is 221 Å². The van der Waals surface area contributed by atoms with E-state index in [-0.39, 0.29) is 51.2 Å². The number of anilines is 1. The minimum absolute atomic E-state index is 0.129. The number of nitrogens with zero attached hydrogens (tertiary/aromatic N) is 2. The molecule has 1 aliphatic heterocycles. The standard InChI is InChI=1S/C20H25Cl2N5O7S2/c1-9-12(21)13(22)14(24-9)18(29)25-10-4-6-27(8-11(10)34-2)20-26-15(16(35-20)19(30)31)17(28)23-5-7-36(3,32)33/h10-11,24H,4-8H2,1-3H3,(H,23,28)(H,25,29)(H,30,31)/t10-,11+/m1/s1. The van der Waals surface area contributed by atoms with Crippen molar-refractivity contribution in [3.05, 3.63) is 32.0 Å². The average molecular weight is 582 g/mol. The number of carboxylic acids is 1. The zero-order chi connectivity index (χ0) is 26.8. The summed E-state index contributed by atoms with van der Waals surface area (Å²) in [5.74, 6) is -2.83. The highest BCUT2D eigenvalue weighted by Crippen LogP contribution is 2.31. The van der Waals surface area contributed by atoms with E-state index in [1.54, 1.807) is 11.8 Å². The summed E-state index contributed by atoms with van der Waals surface area (Å²) in [6, 6.07) is -0.380. The van der Waals surface area contributed by atoms with Crippen molar-refractivity contribution in [2.24, 2.45) is 0 Å². The first-order valence-electron chi connectivity index (χ1n) is 10.6. The van der Waals surface area contributed by atoms with E-state index < -0.39 is 33.7 Å². The largest absolute Gasteiger partial charge is 0.477 e. The lowest BCUT2D eigenvalue weighted by Crippen LogP contribution is -2.55. The molecule has 1 aliphatic rings. The summed E-state index contributed by atoms with van der Waals surface area (Å²) in [7, 11) is -1.81. The maximum absolute atomic E-state index is 12.7. The van der Waals surface area contributed by atoms with Crippen molar-refractivity contribution in [2.45, 2.75) is 25.5 Å². The molecule has 0 aliphatic carbocycles. The highest BCUT2D eigenvalue weighted by molar-refractivity contribution is 7.90.